The predicted octanol–water partition coefficient (Wildman–Crippen LogP) is 1.53. The van der Waals surface area contributed by atoms with E-state index in [0.29, 0.717) is 44.3 Å². The summed E-state index contributed by atoms with van der Waals surface area (Å²) in [4.78, 5) is 28.1. The third-order valence-electron chi connectivity index (χ3n) is 4.74. The molecule has 6 nitrogen and oxygen atoms in total. The highest BCUT2D eigenvalue weighted by atomic mass is 35.5. The van der Waals surface area contributed by atoms with Gasteiger partial charge in [0.05, 0.1) is 18.2 Å². The average molecular weight is 384 g/mol. The lowest BCUT2D eigenvalue weighted by atomic mass is 10.1. The lowest BCUT2D eigenvalue weighted by molar-refractivity contribution is -0.123. The molecular weight excluding hydrogens is 361 g/mol. The van der Waals surface area contributed by atoms with Gasteiger partial charge in [0.1, 0.15) is 5.82 Å². The summed E-state index contributed by atoms with van der Waals surface area (Å²) in [5.74, 6) is -0.982. The summed E-state index contributed by atoms with van der Waals surface area (Å²) in [7, 11) is 0. The molecule has 2 fully saturated rings. The number of carbonyl (C=O) groups excluding carboxylic acids is 2. The second-order valence-electron chi connectivity index (χ2n) is 6.63. The lowest BCUT2D eigenvalue weighted by Gasteiger charge is -2.34. The van der Waals surface area contributed by atoms with Gasteiger partial charge in [-0.3, -0.25) is 14.5 Å². The zero-order valence-electron chi connectivity index (χ0n) is 14.5. The van der Waals surface area contributed by atoms with Crippen LogP contribution in [0.1, 0.15) is 23.2 Å². The first-order valence-electron chi connectivity index (χ1n) is 8.88. The van der Waals surface area contributed by atoms with Gasteiger partial charge < -0.3 is 15.0 Å². The van der Waals surface area contributed by atoms with E-state index in [0.717, 1.165) is 19.4 Å². The van der Waals surface area contributed by atoms with Crippen LogP contribution in [0.5, 0.6) is 0 Å². The Morgan fingerprint density at radius 1 is 1.27 bits per heavy atom. The molecule has 3 rings (SSSR count). The number of nitrogens with one attached hydrogen (secondary N) is 1. The molecule has 0 unspecified atom stereocenters. The molecule has 0 aliphatic carbocycles. The molecule has 0 aromatic heterocycles. The number of ether oxygens (including phenoxy) is 1. The van der Waals surface area contributed by atoms with Crippen molar-refractivity contribution in [3.63, 3.8) is 0 Å². The predicted molar refractivity (Wildman–Crippen MR) is 95.7 cm³/mol. The first-order valence-corrected chi connectivity index (χ1v) is 9.25. The summed E-state index contributed by atoms with van der Waals surface area (Å²) < 4.78 is 19.3. The molecule has 2 saturated heterocycles. The number of hydrogen-bond donors (Lipinski definition) is 1. The quantitative estimate of drug-likeness (QED) is 0.837. The van der Waals surface area contributed by atoms with E-state index in [1.165, 1.54) is 18.2 Å². The minimum Gasteiger partial charge on any atom is -0.376 e. The number of amides is 2. The van der Waals surface area contributed by atoms with E-state index < -0.39 is 5.82 Å². The maximum absolute atomic E-state index is 13.9. The lowest BCUT2D eigenvalue weighted by Crippen LogP contribution is -2.51. The zero-order chi connectivity index (χ0) is 18.5. The van der Waals surface area contributed by atoms with E-state index in [2.05, 4.69) is 5.32 Å². The van der Waals surface area contributed by atoms with Crippen LogP contribution in [0, 0.1) is 5.82 Å². The number of carbonyl (C=O) groups is 2. The highest BCUT2D eigenvalue weighted by Gasteiger charge is 2.25. The van der Waals surface area contributed by atoms with E-state index in [9.17, 15) is 14.0 Å². The molecule has 26 heavy (non-hydrogen) atoms. The summed E-state index contributed by atoms with van der Waals surface area (Å²) in [6.07, 6.45) is 2.16. The van der Waals surface area contributed by atoms with E-state index >= 15 is 0 Å². The second-order valence-corrected chi connectivity index (χ2v) is 7.07. The normalized spacial score (nSPS) is 21.0. The Morgan fingerprint density at radius 2 is 2.04 bits per heavy atom. The van der Waals surface area contributed by atoms with Crippen molar-refractivity contribution >= 4 is 23.4 Å². The Bertz CT molecular complexity index is 659. The van der Waals surface area contributed by atoms with Crippen molar-refractivity contribution in [3.05, 3.63) is 34.6 Å². The van der Waals surface area contributed by atoms with Crippen LogP contribution < -0.4 is 5.32 Å². The molecule has 0 radical (unpaired) electrons. The fourth-order valence-electron chi connectivity index (χ4n) is 3.23. The van der Waals surface area contributed by atoms with Crippen molar-refractivity contribution in [1.82, 2.24) is 15.1 Å². The Kier molecular flexibility index (Phi) is 6.45. The molecule has 2 amide bonds. The Labute approximate surface area is 157 Å². The molecule has 8 heteroatoms. The van der Waals surface area contributed by atoms with Crippen LogP contribution in [-0.4, -0.2) is 73.6 Å². The van der Waals surface area contributed by atoms with Crippen molar-refractivity contribution in [2.45, 2.75) is 18.9 Å². The van der Waals surface area contributed by atoms with E-state index in [4.69, 9.17) is 16.3 Å². The largest absolute Gasteiger partial charge is 0.376 e. The van der Waals surface area contributed by atoms with Gasteiger partial charge in [0, 0.05) is 44.4 Å². The maximum Gasteiger partial charge on any atom is 0.256 e. The zero-order valence-corrected chi connectivity index (χ0v) is 15.3. The smallest absolute Gasteiger partial charge is 0.256 e. The summed E-state index contributed by atoms with van der Waals surface area (Å²) in [6.45, 7) is 3.64. The standard InChI is InChI=1S/C18H23ClFN3O3/c19-13-3-4-16(20)15(10-13)18(25)23-7-5-22(6-8-23)12-17(24)21-11-14-2-1-9-26-14/h3-4,10,14H,1-2,5-9,11-12H2,(H,21,24)/t14-/m1/s1. The Morgan fingerprint density at radius 3 is 2.73 bits per heavy atom. The number of benzene rings is 1. The minimum absolute atomic E-state index is 0.0137. The van der Waals surface area contributed by atoms with Crippen LogP contribution in [0.25, 0.3) is 0 Å². The molecule has 2 aliphatic rings. The van der Waals surface area contributed by atoms with Gasteiger partial charge in [0.2, 0.25) is 5.91 Å². The summed E-state index contributed by atoms with van der Waals surface area (Å²) in [6, 6.07) is 3.97. The molecule has 142 valence electrons. The van der Waals surface area contributed by atoms with Crippen LogP contribution in [-0.2, 0) is 9.53 Å². The van der Waals surface area contributed by atoms with Crippen molar-refractivity contribution in [3.8, 4) is 0 Å². The molecule has 0 saturated carbocycles. The van der Waals surface area contributed by atoms with Gasteiger partial charge in [-0.1, -0.05) is 11.6 Å². The van der Waals surface area contributed by atoms with Gasteiger partial charge in [-0.05, 0) is 31.0 Å². The third kappa shape index (κ3) is 4.93. The fourth-order valence-corrected chi connectivity index (χ4v) is 3.40. The average Bonchev–Trinajstić information content (AvgIpc) is 3.16. The Hall–Kier alpha value is -1.70. The highest BCUT2D eigenvalue weighted by molar-refractivity contribution is 6.31. The van der Waals surface area contributed by atoms with Gasteiger partial charge in [0.15, 0.2) is 0 Å². The number of rotatable bonds is 5. The van der Waals surface area contributed by atoms with Crippen molar-refractivity contribution < 1.29 is 18.7 Å². The van der Waals surface area contributed by atoms with Gasteiger partial charge in [-0.15, -0.1) is 0 Å². The monoisotopic (exact) mass is 383 g/mol. The number of halogens is 2. The van der Waals surface area contributed by atoms with Gasteiger partial charge in [-0.2, -0.15) is 0 Å². The fraction of sp³-hybridized carbons (Fsp3) is 0.556. The van der Waals surface area contributed by atoms with Gasteiger partial charge in [-0.25, -0.2) is 4.39 Å². The molecule has 1 atom stereocenters. The first-order chi connectivity index (χ1) is 12.5. The molecule has 1 N–H and O–H groups in total. The molecule has 0 bridgehead atoms. The molecule has 2 aliphatic heterocycles. The highest BCUT2D eigenvalue weighted by Crippen LogP contribution is 2.17. The van der Waals surface area contributed by atoms with Crippen LogP contribution in [0.15, 0.2) is 18.2 Å². The SMILES string of the molecule is O=C(CN1CCN(C(=O)c2cc(Cl)ccc2F)CC1)NC[C@H]1CCCO1. The van der Waals surface area contributed by atoms with E-state index in [1.54, 1.807) is 4.90 Å². The second kappa shape index (κ2) is 8.79. The Balaban J connectivity index is 1.44. The molecular formula is C18H23ClFN3O3. The summed E-state index contributed by atoms with van der Waals surface area (Å²) in [5, 5.41) is 3.22. The summed E-state index contributed by atoms with van der Waals surface area (Å²) in [5.41, 5.74) is -0.0137. The first kappa shape index (κ1) is 19.1. The van der Waals surface area contributed by atoms with Crippen LogP contribution in [0.4, 0.5) is 4.39 Å². The van der Waals surface area contributed by atoms with Crippen molar-refractivity contribution in [2.24, 2.45) is 0 Å². The van der Waals surface area contributed by atoms with E-state index in [1.807, 2.05) is 4.90 Å². The number of nitrogens with zero attached hydrogens (tertiary/aromatic N) is 2. The van der Waals surface area contributed by atoms with Crippen LogP contribution in [0.3, 0.4) is 0 Å². The molecule has 1 aromatic carbocycles. The number of piperazine rings is 1. The van der Waals surface area contributed by atoms with Crippen LogP contribution in [0.2, 0.25) is 5.02 Å². The molecule has 1 aromatic rings. The molecule has 2 heterocycles. The minimum atomic E-state index is -0.574. The van der Waals surface area contributed by atoms with Crippen molar-refractivity contribution in [1.29, 1.82) is 0 Å². The molecule has 0 spiro atoms. The topological polar surface area (TPSA) is 61.9 Å². The van der Waals surface area contributed by atoms with Gasteiger partial charge >= 0.3 is 0 Å². The summed E-state index contributed by atoms with van der Waals surface area (Å²) >= 11 is 5.86. The maximum atomic E-state index is 13.9. The van der Waals surface area contributed by atoms with Crippen LogP contribution >= 0.6 is 11.6 Å². The van der Waals surface area contributed by atoms with Crippen molar-refractivity contribution in [2.75, 3.05) is 45.9 Å². The third-order valence-corrected chi connectivity index (χ3v) is 4.97. The van der Waals surface area contributed by atoms with E-state index in [-0.39, 0.29) is 23.5 Å². The van der Waals surface area contributed by atoms with Gasteiger partial charge in [0.25, 0.3) is 5.91 Å². The number of hydrogen-bond acceptors (Lipinski definition) is 4.